The lowest BCUT2D eigenvalue weighted by Crippen LogP contribution is -2.20. The predicted octanol–water partition coefficient (Wildman–Crippen LogP) is 3.96. The lowest BCUT2D eigenvalue weighted by molar-refractivity contribution is 0.401. The van der Waals surface area contributed by atoms with Crippen LogP contribution in [0.1, 0.15) is 11.3 Å². The molecule has 3 N–H and O–H groups in total. The maximum Gasteiger partial charge on any atom is 0.172 e. The van der Waals surface area contributed by atoms with Crippen LogP contribution in [0.2, 0.25) is 0 Å². The first-order valence-corrected chi connectivity index (χ1v) is 8.48. The minimum atomic E-state index is -0.233. The van der Waals surface area contributed by atoms with E-state index in [1.54, 1.807) is 12.3 Å². The number of nitrogens with one attached hydrogen (secondary N) is 1. The van der Waals surface area contributed by atoms with Gasteiger partial charge in [-0.2, -0.15) is 5.10 Å². The lowest BCUT2D eigenvalue weighted by Gasteiger charge is -2.06. The number of halogens is 1. The van der Waals surface area contributed by atoms with Gasteiger partial charge in [-0.3, -0.25) is 10.4 Å². The average molecular weight is 411 g/mol. The molecule has 3 aromatic rings. The van der Waals surface area contributed by atoms with Crippen LogP contribution >= 0.6 is 15.9 Å². The minimum absolute atomic E-state index is 0.213. The summed E-state index contributed by atoms with van der Waals surface area (Å²) in [5.41, 5.74) is 4.89. The summed E-state index contributed by atoms with van der Waals surface area (Å²) in [5, 5.41) is 23.4. The fourth-order valence-electron chi connectivity index (χ4n) is 2.12. The van der Waals surface area contributed by atoms with Crippen molar-refractivity contribution in [2.45, 2.75) is 0 Å². The number of phenolic OH excluding ortho intramolecular Hbond substituents is 2. The van der Waals surface area contributed by atoms with Gasteiger partial charge >= 0.3 is 0 Å². The first-order valence-electron chi connectivity index (χ1n) is 7.69. The van der Waals surface area contributed by atoms with Gasteiger partial charge in [-0.05, 0) is 57.9 Å². The number of aromatic nitrogens is 1. The molecule has 0 aliphatic heterocycles. The number of hydrogen-bond acceptors (Lipinski definition) is 5. The van der Waals surface area contributed by atoms with Crippen molar-refractivity contribution in [3.8, 4) is 11.5 Å². The van der Waals surface area contributed by atoms with Crippen LogP contribution in [-0.2, 0) is 0 Å². The monoisotopic (exact) mass is 410 g/mol. The van der Waals surface area contributed by atoms with Gasteiger partial charge < -0.3 is 10.2 Å². The third-order valence-electron chi connectivity index (χ3n) is 3.35. The van der Waals surface area contributed by atoms with E-state index in [2.05, 4.69) is 36.4 Å². The van der Waals surface area contributed by atoms with Crippen molar-refractivity contribution in [1.82, 2.24) is 10.4 Å². The highest BCUT2D eigenvalue weighted by molar-refractivity contribution is 9.10. The van der Waals surface area contributed by atoms with Gasteiger partial charge in [0, 0.05) is 6.20 Å². The third-order valence-corrected chi connectivity index (χ3v) is 3.96. The number of phenols is 2. The van der Waals surface area contributed by atoms with Crippen molar-refractivity contribution in [1.29, 1.82) is 0 Å². The number of aliphatic imine (C=N–C) groups is 1. The normalized spacial score (nSPS) is 11.7. The van der Waals surface area contributed by atoms with Gasteiger partial charge in [0.15, 0.2) is 17.3 Å². The molecule has 26 heavy (non-hydrogen) atoms. The Morgan fingerprint density at radius 2 is 1.81 bits per heavy atom. The van der Waals surface area contributed by atoms with Crippen molar-refractivity contribution in [2.75, 3.05) is 0 Å². The number of para-hydroxylation sites is 1. The van der Waals surface area contributed by atoms with Crippen LogP contribution in [0.5, 0.6) is 11.5 Å². The van der Waals surface area contributed by atoms with Crippen LogP contribution in [0.15, 0.2) is 81.4 Å². The van der Waals surface area contributed by atoms with Crippen LogP contribution in [0.4, 0.5) is 5.69 Å². The summed E-state index contributed by atoms with van der Waals surface area (Å²) in [6.07, 6.45) is 3.18. The highest BCUT2D eigenvalue weighted by Gasteiger charge is 2.06. The zero-order valence-electron chi connectivity index (χ0n) is 13.5. The zero-order chi connectivity index (χ0) is 18.4. The molecule has 3 rings (SSSR count). The predicted molar refractivity (Wildman–Crippen MR) is 105 cm³/mol. The molecule has 6 nitrogen and oxygen atoms in total. The molecule has 0 amide bonds. The summed E-state index contributed by atoms with van der Waals surface area (Å²) >= 11 is 3.17. The molecule has 0 unspecified atom stereocenters. The van der Waals surface area contributed by atoms with Gasteiger partial charge in [-0.1, -0.05) is 24.3 Å². The number of aromatic hydroxyl groups is 2. The van der Waals surface area contributed by atoms with E-state index >= 15 is 0 Å². The quantitative estimate of drug-likeness (QED) is 0.262. The second kappa shape index (κ2) is 8.26. The minimum Gasteiger partial charge on any atom is -0.504 e. The Morgan fingerprint density at radius 3 is 2.50 bits per heavy atom. The molecule has 7 heteroatoms. The number of hydrogen-bond donors (Lipinski definition) is 3. The molecular formula is C19H15BrN4O2. The molecule has 0 fully saturated rings. The summed E-state index contributed by atoms with van der Waals surface area (Å²) in [4.78, 5) is 8.83. The first-order chi connectivity index (χ1) is 12.6. The maximum atomic E-state index is 9.67. The highest BCUT2D eigenvalue weighted by atomic mass is 79.9. The van der Waals surface area contributed by atoms with E-state index in [1.165, 1.54) is 12.3 Å². The molecular weight excluding hydrogens is 396 g/mol. The van der Waals surface area contributed by atoms with Crippen LogP contribution in [0.25, 0.3) is 0 Å². The van der Waals surface area contributed by atoms with E-state index < -0.39 is 0 Å². The van der Waals surface area contributed by atoms with E-state index in [4.69, 9.17) is 0 Å². The zero-order valence-corrected chi connectivity index (χ0v) is 15.1. The summed E-state index contributed by atoms with van der Waals surface area (Å²) in [7, 11) is 0. The molecule has 0 saturated heterocycles. The molecule has 0 saturated carbocycles. The van der Waals surface area contributed by atoms with Crippen molar-refractivity contribution < 1.29 is 10.2 Å². The van der Waals surface area contributed by atoms with E-state index in [9.17, 15) is 10.2 Å². The fourth-order valence-corrected chi connectivity index (χ4v) is 2.59. The second-order valence-corrected chi connectivity index (χ2v) is 6.11. The van der Waals surface area contributed by atoms with Gasteiger partial charge in [-0.25, -0.2) is 4.99 Å². The summed E-state index contributed by atoms with van der Waals surface area (Å²) < 4.78 is 0.377. The number of benzene rings is 2. The van der Waals surface area contributed by atoms with Gasteiger partial charge in [-0.15, -0.1) is 0 Å². The van der Waals surface area contributed by atoms with E-state index in [0.717, 1.165) is 5.69 Å². The molecule has 1 aromatic heterocycles. The fraction of sp³-hybridized carbons (Fsp3) is 0. The largest absolute Gasteiger partial charge is 0.504 e. The number of pyridine rings is 1. The lowest BCUT2D eigenvalue weighted by atomic mass is 10.2. The number of nitrogens with zero attached hydrogens (tertiary/aromatic N) is 3. The number of hydrazone groups is 1. The summed E-state index contributed by atoms with van der Waals surface area (Å²) in [5.74, 6) is 0.0359. The van der Waals surface area contributed by atoms with E-state index in [1.807, 2.05) is 48.5 Å². The Labute approximate surface area is 158 Å². The Bertz CT molecular complexity index is 921. The van der Waals surface area contributed by atoms with Crippen molar-refractivity contribution in [3.05, 3.63) is 82.6 Å². The molecule has 0 atom stereocenters. The Hall–Kier alpha value is -3.19. The molecule has 130 valence electrons. The van der Waals surface area contributed by atoms with Crippen LogP contribution in [-0.4, -0.2) is 27.2 Å². The highest BCUT2D eigenvalue weighted by Crippen LogP contribution is 2.33. The first kappa shape index (κ1) is 17.6. The molecule has 0 radical (unpaired) electrons. The van der Waals surface area contributed by atoms with Crippen LogP contribution in [0.3, 0.4) is 0 Å². The third kappa shape index (κ3) is 4.46. The summed E-state index contributed by atoms with van der Waals surface area (Å²) in [6.45, 7) is 0. The molecule has 0 aliphatic carbocycles. The van der Waals surface area contributed by atoms with E-state index in [-0.39, 0.29) is 11.5 Å². The standard InChI is InChI=1S/C19H15BrN4O2/c20-15-10-13(11-17(25)18(15)26)12-22-24-19(16-8-4-5-9-21-16)23-14-6-2-1-3-7-14/h1-12,25-26H,(H,23,24). The van der Waals surface area contributed by atoms with Crippen molar-refractivity contribution in [3.63, 3.8) is 0 Å². The van der Waals surface area contributed by atoms with Crippen molar-refractivity contribution >= 4 is 33.7 Å². The molecule has 0 bridgehead atoms. The summed E-state index contributed by atoms with van der Waals surface area (Å²) in [6, 6.07) is 18.0. The molecule has 0 aliphatic rings. The molecule has 2 aromatic carbocycles. The Morgan fingerprint density at radius 1 is 1.04 bits per heavy atom. The maximum absolute atomic E-state index is 9.67. The second-order valence-electron chi connectivity index (χ2n) is 5.25. The topological polar surface area (TPSA) is 90.1 Å². The number of rotatable bonds is 4. The van der Waals surface area contributed by atoms with E-state index in [0.29, 0.717) is 21.6 Å². The van der Waals surface area contributed by atoms with Gasteiger partial charge in [0.05, 0.1) is 16.4 Å². The van der Waals surface area contributed by atoms with Gasteiger partial charge in [0.2, 0.25) is 0 Å². The molecule has 0 spiro atoms. The van der Waals surface area contributed by atoms with Crippen LogP contribution < -0.4 is 5.43 Å². The Balaban J connectivity index is 1.86. The molecule has 1 heterocycles. The van der Waals surface area contributed by atoms with Gasteiger partial charge in [0.25, 0.3) is 0 Å². The van der Waals surface area contributed by atoms with Gasteiger partial charge in [0.1, 0.15) is 5.69 Å². The Kier molecular flexibility index (Phi) is 5.60. The van der Waals surface area contributed by atoms with Crippen molar-refractivity contribution in [2.24, 2.45) is 10.1 Å². The smallest absolute Gasteiger partial charge is 0.172 e. The number of amidine groups is 1. The SMILES string of the molecule is Oc1cc(C=NNC(=Nc2ccccc2)c2ccccn2)cc(Br)c1O. The average Bonchev–Trinajstić information content (AvgIpc) is 2.67. The van der Waals surface area contributed by atoms with Crippen LogP contribution in [0, 0.1) is 0 Å².